The minimum Gasteiger partial charge on any atom is -0.294 e. The first-order valence-electron chi connectivity index (χ1n) is 7.55. The van der Waals surface area contributed by atoms with E-state index in [9.17, 15) is 4.79 Å². The molecule has 1 aliphatic carbocycles. The molecule has 0 N–H and O–H groups in total. The Hall–Kier alpha value is -2.41. The molecule has 5 rings (SSSR count). The largest absolute Gasteiger partial charge is 0.294 e. The van der Waals surface area contributed by atoms with Gasteiger partial charge in [0.05, 0.1) is 0 Å². The number of benzene rings is 4. The van der Waals surface area contributed by atoms with Crippen molar-refractivity contribution in [1.29, 1.82) is 0 Å². The van der Waals surface area contributed by atoms with Crippen molar-refractivity contribution in [3.05, 3.63) is 59.7 Å². The van der Waals surface area contributed by atoms with Crippen molar-refractivity contribution in [2.24, 2.45) is 0 Å². The predicted molar refractivity (Wildman–Crippen MR) is 87.4 cm³/mol. The monoisotopic (exact) mass is 274 g/mol. The molecule has 0 saturated carbocycles. The Kier molecular flexibility index (Phi) is 2.05. The van der Waals surface area contributed by atoms with Gasteiger partial charge >= 0.3 is 0 Å². The zero-order valence-electron chi connectivity index (χ0n) is 11.6. The van der Waals surface area contributed by atoms with Gasteiger partial charge in [0.2, 0.25) is 0 Å². The molecule has 21 heavy (non-hydrogen) atoms. The number of rotatable bonds is 0. The number of hydrogen-bond acceptors (Lipinski definition) is 1. The van der Waals surface area contributed by atoms with Gasteiger partial charge in [0, 0.05) is 12.0 Å². The summed E-state index contributed by atoms with van der Waals surface area (Å²) in [5.41, 5.74) is 2.21. The van der Waals surface area contributed by atoms with Gasteiger partial charge < -0.3 is 0 Å². The highest BCUT2D eigenvalue weighted by Gasteiger charge is 2.21. The fourth-order valence-electron chi connectivity index (χ4n) is 3.95. The van der Waals surface area contributed by atoms with Crippen molar-refractivity contribution in [2.45, 2.75) is 19.3 Å². The second-order valence-corrected chi connectivity index (χ2v) is 6.04. The van der Waals surface area contributed by atoms with Gasteiger partial charge in [-0.1, -0.05) is 42.5 Å². The van der Waals surface area contributed by atoms with Gasteiger partial charge in [0.25, 0.3) is 0 Å². The third-order valence-corrected chi connectivity index (χ3v) is 4.89. The molecule has 0 unspecified atom stereocenters. The summed E-state index contributed by atoms with van der Waals surface area (Å²) < 4.78 is 0. The van der Waals surface area contributed by atoms with Crippen LogP contribution in [-0.2, 0) is 6.42 Å². The van der Waals surface area contributed by atoms with E-state index in [-0.39, 0.29) is 0 Å². The number of fused-ring (bicyclic) bond motifs is 2. The molecule has 0 aromatic heterocycles. The van der Waals surface area contributed by atoms with Crippen molar-refractivity contribution >= 4 is 38.1 Å². The fourth-order valence-corrected chi connectivity index (χ4v) is 3.95. The van der Waals surface area contributed by atoms with Crippen LogP contribution in [0, 0.1) is 0 Å². The molecule has 0 aliphatic heterocycles. The van der Waals surface area contributed by atoms with Crippen LogP contribution >= 0.6 is 0 Å². The molecule has 0 spiro atoms. The first-order valence-corrected chi connectivity index (χ1v) is 7.55. The number of carbonyl (C=O) groups excluding carboxylic acids is 1. The van der Waals surface area contributed by atoms with Crippen LogP contribution in [0.1, 0.15) is 28.8 Å². The number of carbonyl (C=O) groups is 1. The fraction of sp³-hybridized carbons (Fsp3) is 0.150. The van der Waals surface area contributed by atoms with Gasteiger partial charge in [0.1, 0.15) is 0 Å². The Morgan fingerprint density at radius 3 is 2.38 bits per heavy atom. The second-order valence-electron chi connectivity index (χ2n) is 6.04. The lowest BCUT2D eigenvalue weighted by atomic mass is 9.91. The topological polar surface area (TPSA) is 17.1 Å². The average molecular weight is 274 g/mol. The van der Waals surface area contributed by atoms with Gasteiger partial charge in [-0.2, -0.15) is 0 Å². The van der Waals surface area contributed by atoms with Crippen molar-refractivity contribution in [3.63, 3.8) is 0 Å². The van der Waals surface area contributed by atoms with Crippen molar-refractivity contribution in [1.82, 2.24) is 0 Å². The summed E-state index contributed by atoms with van der Waals surface area (Å²) in [6, 6.07) is 17.3. The highest BCUT2D eigenvalue weighted by molar-refractivity contribution is 6.25. The van der Waals surface area contributed by atoms with Crippen LogP contribution in [0.25, 0.3) is 32.3 Å². The van der Waals surface area contributed by atoms with Crippen LogP contribution < -0.4 is 0 Å². The highest BCUT2D eigenvalue weighted by Crippen LogP contribution is 2.39. The van der Waals surface area contributed by atoms with Gasteiger partial charge in [-0.3, -0.25) is 4.79 Å². The molecule has 1 aliphatic rings. The van der Waals surface area contributed by atoms with Crippen molar-refractivity contribution < 1.29 is 4.79 Å². The summed E-state index contributed by atoms with van der Waals surface area (Å²) in [4.78, 5) is 12.3. The molecule has 1 nitrogen and oxygen atoms in total. The van der Waals surface area contributed by atoms with Gasteiger partial charge in [-0.05, 0) is 56.8 Å². The molecule has 0 fully saturated rings. The van der Waals surface area contributed by atoms with Crippen LogP contribution in [0.3, 0.4) is 0 Å². The van der Waals surface area contributed by atoms with Gasteiger partial charge in [-0.15, -0.1) is 0 Å². The normalized spacial score (nSPS) is 15.1. The van der Waals surface area contributed by atoms with Crippen molar-refractivity contribution in [3.8, 4) is 0 Å². The van der Waals surface area contributed by atoms with E-state index in [0.717, 1.165) is 18.4 Å². The van der Waals surface area contributed by atoms with E-state index in [1.165, 1.54) is 37.9 Å². The molecule has 0 amide bonds. The first kappa shape index (κ1) is 11.3. The zero-order valence-corrected chi connectivity index (χ0v) is 11.6. The smallest absolute Gasteiger partial charge is 0.163 e. The highest BCUT2D eigenvalue weighted by atomic mass is 16.2. The number of Topliss-reactive ketones (excluding diaryl/α,β-unsaturated/α-hetero) is 1. The Balaban J connectivity index is 2.09. The van der Waals surface area contributed by atoms with Crippen LogP contribution in [-0.4, -0.2) is 5.78 Å². The summed E-state index contributed by atoms with van der Waals surface area (Å²) in [6.07, 6.45) is 2.70. The lowest BCUT2D eigenvalue weighted by Crippen LogP contribution is -2.11. The molecule has 4 aromatic rings. The number of hydrogen-bond donors (Lipinski definition) is 0. The minimum atomic E-state index is 0.307. The summed E-state index contributed by atoms with van der Waals surface area (Å²) in [5, 5.41) is 7.72. The molecule has 0 radical (unpaired) electrons. The third-order valence-electron chi connectivity index (χ3n) is 4.89. The number of ketones is 1. The van der Waals surface area contributed by atoms with Crippen LogP contribution in [0.4, 0.5) is 0 Å². The molecule has 1 heteroatoms. The Morgan fingerprint density at radius 2 is 1.52 bits per heavy atom. The molecule has 0 heterocycles. The Labute approximate surface area is 122 Å². The third kappa shape index (κ3) is 1.38. The Morgan fingerprint density at radius 1 is 0.762 bits per heavy atom. The molecule has 0 atom stereocenters. The van der Waals surface area contributed by atoms with Gasteiger partial charge in [-0.25, -0.2) is 0 Å². The molecule has 0 saturated heterocycles. The van der Waals surface area contributed by atoms with Gasteiger partial charge in [0.15, 0.2) is 5.78 Å². The van der Waals surface area contributed by atoms with Crippen LogP contribution in [0.2, 0.25) is 0 Å². The molecular formula is C20H14O. The van der Waals surface area contributed by atoms with Crippen LogP contribution in [0.5, 0.6) is 0 Å². The van der Waals surface area contributed by atoms with E-state index >= 15 is 0 Å². The lowest BCUT2D eigenvalue weighted by molar-refractivity contribution is 0.0973. The van der Waals surface area contributed by atoms with Crippen LogP contribution in [0.15, 0.2) is 48.5 Å². The molecule has 0 bridgehead atoms. The minimum absolute atomic E-state index is 0.307. The van der Waals surface area contributed by atoms with E-state index < -0.39 is 0 Å². The maximum Gasteiger partial charge on any atom is 0.163 e. The lowest BCUT2D eigenvalue weighted by Gasteiger charge is -2.20. The maximum absolute atomic E-state index is 12.3. The van der Waals surface area contributed by atoms with E-state index in [4.69, 9.17) is 0 Å². The second kappa shape index (κ2) is 3.82. The number of aryl methyl sites for hydroxylation is 1. The van der Waals surface area contributed by atoms with E-state index in [1.54, 1.807) is 0 Å². The summed E-state index contributed by atoms with van der Waals surface area (Å²) in [5.74, 6) is 0.307. The summed E-state index contributed by atoms with van der Waals surface area (Å²) in [6.45, 7) is 0. The SMILES string of the molecule is O=[13C]1[13CH2][13CH2][13CH2]c2c1cc1ccc3cccc4ccc2c1c34. The maximum atomic E-state index is 12.3. The summed E-state index contributed by atoms with van der Waals surface area (Å²) >= 11 is 0. The standard InChI is InChI=1S/C20H14O/c21-18-6-2-5-15-16-10-9-13-4-1-3-12-7-8-14(11-17(15)18)20(16)19(12)13/h1,3-4,7-11H,2,5-6H2/i2+1,5+1,6+1,18+1. The van der Waals surface area contributed by atoms with E-state index in [1.807, 2.05) is 0 Å². The average Bonchev–Trinajstić information content (AvgIpc) is 2.53. The van der Waals surface area contributed by atoms with E-state index in [2.05, 4.69) is 48.5 Å². The zero-order chi connectivity index (χ0) is 14.0. The quantitative estimate of drug-likeness (QED) is 0.322. The first-order chi connectivity index (χ1) is 10.3. The molecule has 100 valence electrons. The Bertz CT molecular complexity index is 1010. The summed E-state index contributed by atoms with van der Waals surface area (Å²) in [7, 11) is 0. The van der Waals surface area contributed by atoms with E-state index in [0.29, 0.717) is 12.2 Å². The molecular weight excluding hydrogens is 260 g/mol. The van der Waals surface area contributed by atoms with Crippen molar-refractivity contribution in [2.75, 3.05) is 0 Å². The predicted octanol–water partition coefficient (Wildman–Crippen LogP) is 5.10. The molecule has 4 aromatic carbocycles.